The SMILES string of the molecule is CCCCCCCCCN1C=CN(CCCCCCCC)C1CC. The molecule has 0 aliphatic carbocycles. The lowest BCUT2D eigenvalue weighted by Gasteiger charge is -2.32. The van der Waals surface area contributed by atoms with Crippen LogP contribution in [0.4, 0.5) is 0 Å². The van der Waals surface area contributed by atoms with Crippen molar-refractivity contribution >= 4 is 0 Å². The number of hydrogen-bond donors (Lipinski definition) is 0. The van der Waals surface area contributed by atoms with Crippen molar-refractivity contribution in [1.29, 1.82) is 0 Å². The summed E-state index contributed by atoms with van der Waals surface area (Å²) >= 11 is 0. The highest BCUT2D eigenvalue weighted by atomic mass is 15.4. The molecule has 0 bridgehead atoms. The summed E-state index contributed by atoms with van der Waals surface area (Å²) in [5.74, 6) is 0. The number of unbranched alkanes of at least 4 members (excludes halogenated alkanes) is 11. The second-order valence-electron chi connectivity index (χ2n) is 7.55. The molecule has 2 nitrogen and oxygen atoms in total. The van der Waals surface area contributed by atoms with Crippen LogP contribution in [0.2, 0.25) is 0 Å². The Morgan fingerprint density at radius 3 is 1.29 bits per heavy atom. The van der Waals surface area contributed by atoms with Crippen LogP contribution in [0, 0.1) is 0 Å². The molecule has 1 atom stereocenters. The fraction of sp³-hybridized carbons (Fsp3) is 0.909. The first-order valence-corrected chi connectivity index (χ1v) is 11.0. The minimum absolute atomic E-state index is 0.626. The molecule has 142 valence electrons. The van der Waals surface area contributed by atoms with Crippen LogP contribution in [0.25, 0.3) is 0 Å². The van der Waals surface area contributed by atoms with Gasteiger partial charge in [-0.05, 0) is 19.3 Å². The Labute approximate surface area is 152 Å². The van der Waals surface area contributed by atoms with E-state index < -0.39 is 0 Å². The summed E-state index contributed by atoms with van der Waals surface area (Å²) < 4.78 is 0. The monoisotopic (exact) mass is 336 g/mol. The maximum atomic E-state index is 2.59. The molecular weight excluding hydrogens is 292 g/mol. The smallest absolute Gasteiger partial charge is 0.100 e. The topological polar surface area (TPSA) is 6.48 Å². The fourth-order valence-corrected chi connectivity index (χ4v) is 3.80. The standard InChI is InChI=1S/C22H44N2/c1-4-7-9-11-13-15-17-19-24-21-20-23(22(24)6-3)18-16-14-12-10-8-5-2/h20-22H,4-19H2,1-3H3. The minimum atomic E-state index is 0.626. The first-order chi connectivity index (χ1) is 11.8. The van der Waals surface area contributed by atoms with E-state index in [0.717, 1.165) is 0 Å². The molecule has 0 radical (unpaired) electrons. The van der Waals surface area contributed by atoms with E-state index in [1.165, 1.54) is 103 Å². The molecule has 0 spiro atoms. The van der Waals surface area contributed by atoms with Gasteiger partial charge in [-0.3, -0.25) is 0 Å². The van der Waals surface area contributed by atoms with E-state index in [2.05, 4.69) is 43.0 Å². The van der Waals surface area contributed by atoms with Crippen LogP contribution in [-0.2, 0) is 0 Å². The second-order valence-corrected chi connectivity index (χ2v) is 7.55. The lowest BCUT2D eigenvalue weighted by Crippen LogP contribution is -2.38. The Balaban J connectivity index is 2.09. The third-order valence-corrected chi connectivity index (χ3v) is 5.37. The van der Waals surface area contributed by atoms with Crippen molar-refractivity contribution in [1.82, 2.24) is 9.80 Å². The molecule has 0 aromatic rings. The van der Waals surface area contributed by atoms with Crippen LogP contribution >= 0.6 is 0 Å². The largest absolute Gasteiger partial charge is 0.356 e. The minimum Gasteiger partial charge on any atom is -0.356 e. The van der Waals surface area contributed by atoms with Gasteiger partial charge in [0.1, 0.15) is 6.17 Å². The highest BCUT2D eigenvalue weighted by molar-refractivity contribution is 4.96. The van der Waals surface area contributed by atoms with Crippen LogP contribution in [-0.4, -0.2) is 29.1 Å². The third kappa shape index (κ3) is 8.99. The fourth-order valence-electron chi connectivity index (χ4n) is 3.80. The van der Waals surface area contributed by atoms with Crippen LogP contribution < -0.4 is 0 Å². The summed E-state index contributed by atoms with van der Waals surface area (Å²) in [5, 5.41) is 0. The summed E-state index contributed by atoms with van der Waals surface area (Å²) in [7, 11) is 0. The molecule has 0 fully saturated rings. The average Bonchev–Trinajstić information content (AvgIpc) is 2.99. The van der Waals surface area contributed by atoms with Gasteiger partial charge in [0.15, 0.2) is 0 Å². The van der Waals surface area contributed by atoms with Crippen molar-refractivity contribution in [2.45, 2.75) is 117 Å². The van der Waals surface area contributed by atoms with E-state index in [-0.39, 0.29) is 0 Å². The molecule has 1 rings (SSSR count). The van der Waals surface area contributed by atoms with Crippen LogP contribution in [0.5, 0.6) is 0 Å². The van der Waals surface area contributed by atoms with Gasteiger partial charge < -0.3 is 9.80 Å². The van der Waals surface area contributed by atoms with Crippen molar-refractivity contribution in [2.75, 3.05) is 13.1 Å². The van der Waals surface area contributed by atoms with Gasteiger partial charge in [-0.2, -0.15) is 0 Å². The molecule has 1 unspecified atom stereocenters. The van der Waals surface area contributed by atoms with Gasteiger partial charge >= 0.3 is 0 Å². The van der Waals surface area contributed by atoms with Crippen LogP contribution in [0.15, 0.2) is 12.4 Å². The van der Waals surface area contributed by atoms with Crippen molar-refractivity contribution in [3.05, 3.63) is 12.4 Å². The molecule has 2 heteroatoms. The molecule has 0 amide bonds. The Morgan fingerprint density at radius 2 is 0.917 bits per heavy atom. The van der Waals surface area contributed by atoms with Crippen LogP contribution in [0.1, 0.15) is 111 Å². The molecular formula is C22H44N2. The highest BCUT2D eigenvalue weighted by Gasteiger charge is 2.23. The summed E-state index contributed by atoms with van der Waals surface area (Å²) in [6, 6.07) is 0. The Kier molecular flexibility index (Phi) is 13.1. The normalized spacial score (nSPS) is 17.2. The van der Waals surface area contributed by atoms with Gasteiger partial charge in [0.25, 0.3) is 0 Å². The van der Waals surface area contributed by atoms with Crippen molar-refractivity contribution in [3.63, 3.8) is 0 Å². The zero-order valence-corrected chi connectivity index (χ0v) is 16.9. The summed E-state index contributed by atoms with van der Waals surface area (Å²) in [6.07, 6.45) is 24.7. The molecule has 1 aliphatic rings. The Morgan fingerprint density at radius 1 is 0.542 bits per heavy atom. The van der Waals surface area contributed by atoms with E-state index in [0.29, 0.717) is 6.17 Å². The molecule has 0 aromatic heterocycles. The molecule has 0 aromatic carbocycles. The predicted molar refractivity (Wildman–Crippen MR) is 108 cm³/mol. The van der Waals surface area contributed by atoms with Gasteiger partial charge in [-0.15, -0.1) is 0 Å². The number of rotatable bonds is 16. The van der Waals surface area contributed by atoms with Gasteiger partial charge in [0.2, 0.25) is 0 Å². The lowest BCUT2D eigenvalue weighted by atomic mass is 10.1. The quantitative estimate of drug-likeness (QED) is 0.282. The molecule has 24 heavy (non-hydrogen) atoms. The Bertz CT molecular complexity index is 300. The molecule has 0 N–H and O–H groups in total. The summed E-state index contributed by atoms with van der Waals surface area (Å²) in [4.78, 5) is 5.17. The van der Waals surface area contributed by atoms with Gasteiger partial charge in [-0.1, -0.05) is 91.4 Å². The zero-order valence-electron chi connectivity index (χ0n) is 16.9. The maximum Gasteiger partial charge on any atom is 0.100 e. The average molecular weight is 337 g/mol. The van der Waals surface area contributed by atoms with E-state index in [1.54, 1.807) is 0 Å². The van der Waals surface area contributed by atoms with Crippen molar-refractivity contribution in [2.24, 2.45) is 0 Å². The molecule has 0 saturated carbocycles. The summed E-state index contributed by atoms with van der Waals surface area (Å²) in [5.41, 5.74) is 0. The second kappa shape index (κ2) is 14.7. The molecule has 0 saturated heterocycles. The van der Waals surface area contributed by atoms with Crippen LogP contribution in [0.3, 0.4) is 0 Å². The van der Waals surface area contributed by atoms with Crippen molar-refractivity contribution in [3.8, 4) is 0 Å². The molecule has 1 aliphatic heterocycles. The van der Waals surface area contributed by atoms with Gasteiger partial charge in [0.05, 0.1) is 0 Å². The van der Waals surface area contributed by atoms with E-state index in [9.17, 15) is 0 Å². The molecule has 1 heterocycles. The number of nitrogens with zero attached hydrogens (tertiary/aromatic N) is 2. The summed E-state index contributed by atoms with van der Waals surface area (Å²) in [6.45, 7) is 9.41. The van der Waals surface area contributed by atoms with Gasteiger partial charge in [-0.25, -0.2) is 0 Å². The van der Waals surface area contributed by atoms with Crippen molar-refractivity contribution < 1.29 is 0 Å². The van der Waals surface area contributed by atoms with Gasteiger partial charge in [0, 0.05) is 25.5 Å². The highest BCUT2D eigenvalue weighted by Crippen LogP contribution is 2.21. The lowest BCUT2D eigenvalue weighted by molar-refractivity contribution is 0.144. The van der Waals surface area contributed by atoms with E-state index in [1.807, 2.05) is 0 Å². The van der Waals surface area contributed by atoms with E-state index in [4.69, 9.17) is 0 Å². The Hall–Kier alpha value is -0.660. The maximum absolute atomic E-state index is 2.59. The first-order valence-electron chi connectivity index (χ1n) is 11.0. The number of hydrogen-bond acceptors (Lipinski definition) is 2. The predicted octanol–water partition coefficient (Wildman–Crippen LogP) is 6.92. The zero-order chi connectivity index (χ0) is 17.5. The van der Waals surface area contributed by atoms with E-state index >= 15 is 0 Å². The first kappa shape index (κ1) is 21.4. The third-order valence-electron chi connectivity index (χ3n) is 5.37.